The monoisotopic (exact) mass is 379 g/mol. The largest absolute Gasteiger partial charge is 0.378 e. The van der Waals surface area contributed by atoms with Crippen LogP contribution in [-0.4, -0.2) is 74.1 Å². The Morgan fingerprint density at radius 3 is 2.59 bits per heavy atom. The molecule has 1 aromatic carbocycles. The second-order valence-corrected chi connectivity index (χ2v) is 6.73. The van der Waals surface area contributed by atoms with Gasteiger partial charge in [-0.3, -0.25) is 14.5 Å². The van der Waals surface area contributed by atoms with Crippen LogP contribution in [0, 0.1) is 11.7 Å². The summed E-state index contributed by atoms with van der Waals surface area (Å²) >= 11 is 0. The van der Waals surface area contributed by atoms with Gasteiger partial charge in [0.25, 0.3) is 0 Å². The van der Waals surface area contributed by atoms with Gasteiger partial charge < -0.3 is 15.0 Å². The Labute approximate surface area is 160 Å². The Kier molecular flexibility index (Phi) is 8.67. The Hall–Kier alpha value is -1.99. The first-order valence-corrected chi connectivity index (χ1v) is 9.63. The number of carbonyl (C=O) groups excluding carboxylic acids is 2. The van der Waals surface area contributed by atoms with Gasteiger partial charge in [0.2, 0.25) is 11.8 Å². The van der Waals surface area contributed by atoms with Crippen molar-refractivity contribution in [2.45, 2.75) is 20.3 Å². The molecule has 2 rings (SSSR count). The van der Waals surface area contributed by atoms with Crippen LogP contribution in [0.5, 0.6) is 0 Å². The van der Waals surface area contributed by atoms with Gasteiger partial charge in [0.1, 0.15) is 5.82 Å². The Morgan fingerprint density at radius 2 is 1.96 bits per heavy atom. The standard InChI is InChI=1S/C20H30FN3O3/c1-3-23(4-2)15-19(25)22-14-17(12-16-6-5-7-18(21)13-16)20(26)24-8-10-27-11-9-24/h5-7,13,17H,3-4,8-12,14-15H2,1-2H3,(H,22,25)/t17-/m1/s1. The van der Waals surface area contributed by atoms with Crippen LogP contribution in [0.25, 0.3) is 0 Å². The van der Waals surface area contributed by atoms with Gasteiger partial charge in [-0.1, -0.05) is 26.0 Å². The average Bonchev–Trinajstić information content (AvgIpc) is 2.69. The highest BCUT2D eigenvalue weighted by Crippen LogP contribution is 2.14. The molecule has 1 aromatic rings. The van der Waals surface area contributed by atoms with Gasteiger partial charge in [-0.2, -0.15) is 0 Å². The zero-order valence-corrected chi connectivity index (χ0v) is 16.2. The summed E-state index contributed by atoms with van der Waals surface area (Å²) in [6, 6.07) is 6.27. The van der Waals surface area contributed by atoms with Gasteiger partial charge in [0.05, 0.1) is 25.7 Å². The van der Waals surface area contributed by atoms with Crippen molar-refractivity contribution in [3.05, 3.63) is 35.6 Å². The fourth-order valence-corrected chi connectivity index (χ4v) is 3.18. The van der Waals surface area contributed by atoms with E-state index >= 15 is 0 Å². The number of likely N-dealkylation sites (N-methyl/N-ethyl adjacent to an activating group) is 1. The molecule has 1 heterocycles. The zero-order valence-electron chi connectivity index (χ0n) is 16.2. The van der Waals surface area contributed by atoms with Crippen molar-refractivity contribution in [2.75, 3.05) is 52.5 Å². The van der Waals surface area contributed by atoms with Crippen molar-refractivity contribution in [3.8, 4) is 0 Å². The van der Waals surface area contributed by atoms with Gasteiger partial charge in [0, 0.05) is 19.6 Å². The van der Waals surface area contributed by atoms with Crippen molar-refractivity contribution in [2.24, 2.45) is 5.92 Å². The van der Waals surface area contributed by atoms with E-state index in [0.29, 0.717) is 39.3 Å². The molecule has 0 spiro atoms. The molecule has 2 amide bonds. The van der Waals surface area contributed by atoms with Crippen LogP contribution in [-0.2, 0) is 20.7 Å². The fraction of sp³-hybridized carbons (Fsp3) is 0.600. The van der Waals surface area contributed by atoms with Crippen molar-refractivity contribution in [3.63, 3.8) is 0 Å². The lowest BCUT2D eigenvalue weighted by Crippen LogP contribution is -2.48. The van der Waals surface area contributed by atoms with E-state index in [1.807, 2.05) is 18.7 Å². The molecule has 0 saturated carbocycles. The molecule has 1 aliphatic heterocycles. The summed E-state index contributed by atoms with van der Waals surface area (Å²) in [5.74, 6) is -0.871. The van der Waals surface area contributed by atoms with Crippen molar-refractivity contribution in [1.82, 2.24) is 15.1 Å². The number of hydrogen-bond acceptors (Lipinski definition) is 4. The number of hydrogen-bond donors (Lipinski definition) is 1. The first-order chi connectivity index (χ1) is 13.0. The minimum atomic E-state index is -0.425. The summed E-state index contributed by atoms with van der Waals surface area (Å²) in [5, 5.41) is 2.88. The van der Waals surface area contributed by atoms with Crippen molar-refractivity contribution in [1.29, 1.82) is 0 Å². The van der Waals surface area contributed by atoms with Gasteiger partial charge in [-0.15, -0.1) is 0 Å². The molecule has 27 heavy (non-hydrogen) atoms. The van der Waals surface area contributed by atoms with E-state index < -0.39 is 5.92 Å². The van der Waals surface area contributed by atoms with Crippen LogP contribution in [0.15, 0.2) is 24.3 Å². The number of benzene rings is 1. The average molecular weight is 379 g/mol. The summed E-state index contributed by atoms with van der Waals surface area (Å²) in [4.78, 5) is 29.0. The van der Waals surface area contributed by atoms with E-state index in [1.54, 1.807) is 17.0 Å². The number of carbonyl (C=O) groups is 2. The third kappa shape index (κ3) is 6.92. The number of nitrogens with zero attached hydrogens (tertiary/aromatic N) is 2. The molecule has 1 fully saturated rings. The van der Waals surface area contributed by atoms with Gasteiger partial charge in [-0.25, -0.2) is 4.39 Å². The lowest BCUT2D eigenvalue weighted by Gasteiger charge is -2.30. The highest BCUT2D eigenvalue weighted by molar-refractivity contribution is 5.82. The predicted molar refractivity (Wildman–Crippen MR) is 102 cm³/mol. The first-order valence-electron chi connectivity index (χ1n) is 9.63. The molecule has 0 aliphatic carbocycles. The SMILES string of the molecule is CCN(CC)CC(=O)NC[C@@H](Cc1cccc(F)c1)C(=O)N1CCOCC1. The minimum absolute atomic E-state index is 0.0225. The van der Waals surface area contributed by atoms with E-state index in [9.17, 15) is 14.0 Å². The summed E-state index contributed by atoms with van der Waals surface area (Å²) in [7, 11) is 0. The molecule has 1 N–H and O–H groups in total. The molecule has 1 atom stereocenters. The molecule has 0 unspecified atom stereocenters. The maximum absolute atomic E-state index is 13.5. The molecular weight excluding hydrogens is 349 g/mol. The minimum Gasteiger partial charge on any atom is -0.378 e. The number of ether oxygens (including phenoxy) is 1. The molecule has 1 saturated heterocycles. The zero-order chi connectivity index (χ0) is 19.6. The number of halogens is 1. The highest BCUT2D eigenvalue weighted by Gasteiger charge is 2.26. The van der Waals surface area contributed by atoms with Crippen molar-refractivity contribution < 1.29 is 18.7 Å². The van der Waals surface area contributed by atoms with E-state index in [0.717, 1.165) is 18.7 Å². The topological polar surface area (TPSA) is 61.9 Å². The summed E-state index contributed by atoms with van der Waals surface area (Å²) in [6.45, 7) is 8.29. The molecular formula is C20H30FN3O3. The molecule has 6 nitrogen and oxygen atoms in total. The maximum atomic E-state index is 13.5. The maximum Gasteiger partial charge on any atom is 0.234 e. The smallest absolute Gasteiger partial charge is 0.234 e. The van der Waals surface area contributed by atoms with Crippen LogP contribution in [0.3, 0.4) is 0 Å². The molecule has 0 bridgehead atoms. The molecule has 7 heteroatoms. The molecule has 0 aromatic heterocycles. The summed E-state index contributed by atoms with van der Waals surface area (Å²) in [5.41, 5.74) is 0.750. The summed E-state index contributed by atoms with van der Waals surface area (Å²) < 4.78 is 18.8. The van der Waals surface area contributed by atoms with Crippen LogP contribution >= 0.6 is 0 Å². The van der Waals surface area contributed by atoms with E-state index in [-0.39, 0.29) is 24.2 Å². The Morgan fingerprint density at radius 1 is 1.26 bits per heavy atom. The number of nitrogens with one attached hydrogen (secondary N) is 1. The second-order valence-electron chi connectivity index (χ2n) is 6.73. The Balaban J connectivity index is 2.02. The first kappa shape index (κ1) is 21.3. The third-order valence-electron chi connectivity index (χ3n) is 4.85. The van der Waals surface area contributed by atoms with E-state index in [1.165, 1.54) is 12.1 Å². The molecule has 1 aliphatic rings. The van der Waals surface area contributed by atoms with Crippen LogP contribution in [0.4, 0.5) is 4.39 Å². The molecule has 0 radical (unpaired) electrons. The van der Waals surface area contributed by atoms with Crippen LogP contribution in [0.2, 0.25) is 0 Å². The van der Waals surface area contributed by atoms with E-state index in [4.69, 9.17) is 4.74 Å². The van der Waals surface area contributed by atoms with Crippen molar-refractivity contribution >= 4 is 11.8 Å². The van der Waals surface area contributed by atoms with Gasteiger partial charge >= 0.3 is 0 Å². The summed E-state index contributed by atoms with van der Waals surface area (Å²) in [6.07, 6.45) is 0.388. The van der Waals surface area contributed by atoms with Gasteiger partial charge in [-0.05, 0) is 37.2 Å². The number of rotatable bonds is 9. The number of amides is 2. The number of morpholine rings is 1. The quantitative estimate of drug-likeness (QED) is 0.703. The third-order valence-corrected chi connectivity index (χ3v) is 4.85. The fourth-order valence-electron chi connectivity index (χ4n) is 3.18. The normalized spacial score (nSPS) is 15.6. The van der Waals surface area contributed by atoms with Crippen LogP contribution < -0.4 is 5.32 Å². The van der Waals surface area contributed by atoms with E-state index in [2.05, 4.69) is 5.32 Å². The van der Waals surface area contributed by atoms with Crippen LogP contribution in [0.1, 0.15) is 19.4 Å². The second kappa shape index (κ2) is 11.0. The molecule has 150 valence electrons. The lowest BCUT2D eigenvalue weighted by atomic mass is 9.97. The lowest BCUT2D eigenvalue weighted by molar-refractivity contribution is -0.139. The van der Waals surface area contributed by atoms with Gasteiger partial charge in [0.15, 0.2) is 0 Å². The predicted octanol–water partition coefficient (Wildman–Crippen LogP) is 1.30. The highest BCUT2D eigenvalue weighted by atomic mass is 19.1. The Bertz CT molecular complexity index is 616.